The van der Waals surface area contributed by atoms with Crippen LogP contribution in [0.2, 0.25) is 0 Å². The van der Waals surface area contributed by atoms with Crippen LogP contribution in [-0.2, 0) is 22.4 Å². The molecule has 5 aromatic rings. The lowest BCUT2D eigenvalue weighted by Crippen LogP contribution is -2.16. The van der Waals surface area contributed by atoms with E-state index in [0.717, 1.165) is 70.5 Å². The van der Waals surface area contributed by atoms with Gasteiger partial charge in [0.25, 0.3) is 0 Å². The number of carbonyl (C=O) groups is 1. The second-order valence-electron chi connectivity index (χ2n) is 10.0. The molecule has 0 saturated carbocycles. The van der Waals surface area contributed by atoms with Crippen molar-refractivity contribution in [1.29, 1.82) is 0 Å². The minimum absolute atomic E-state index is 0.178. The lowest BCUT2D eigenvalue weighted by Gasteiger charge is -2.21. The molecule has 0 fully saturated rings. The number of carbonyl (C=O) groups excluding carboxylic acids is 1. The van der Waals surface area contributed by atoms with Gasteiger partial charge in [-0.3, -0.25) is 9.78 Å². The largest absolute Gasteiger partial charge is 0.493 e. The summed E-state index contributed by atoms with van der Waals surface area (Å²) in [6.45, 7) is 3.80. The molecule has 6 rings (SSSR count). The van der Waals surface area contributed by atoms with E-state index in [1.54, 1.807) is 0 Å². The fourth-order valence-corrected chi connectivity index (χ4v) is 5.46. The third-order valence-electron chi connectivity index (χ3n) is 7.42. The molecule has 0 amide bonds. The van der Waals surface area contributed by atoms with Crippen LogP contribution in [-0.4, -0.2) is 35.3 Å². The van der Waals surface area contributed by atoms with Gasteiger partial charge in [-0.2, -0.15) is 0 Å². The van der Waals surface area contributed by atoms with Crippen molar-refractivity contribution >= 4 is 33.3 Å². The smallest absolute Gasteiger partial charge is 0.308 e. The minimum Gasteiger partial charge on any atom is -0.493 e. The number of anilines is 1. The molecule has 1 N–H and O–H groups in total. The van der Waals surface area contributed by atoms with Gasteiger partial charge >= 0.3 is 5.97 Å². The number of nitrogens with one attached hydrogen (secondary N) is 1. The van der Waals surface area contributed by atoms with Gasteiger partial charge in [-0.15, -0.1) is 0 Å². The van der Waals surface area contributed by atoms with Gasteiger partial charge in [0.2, 0.25) is 0 Å². The Kier molecular flexibility index (Phi) is 7.17. The van der Waals surface area contributed by atoms with E-state index in [1.165, 1.54) is 5.39 Å². The second kappa shape index (κ2) is 11.2. The van der Waals surface area contributed by atoms with Crippen LogP contribution < -0.4 is 10.1 Å². The van der Waals surface area contributed by atoms with Crippen molar-refractivity contribution in [2.45, 2.75) is 38.6 Å². The number of fused-ring (bicyclic) bond motifs is 3. The van der Waals surface area contributed by atoms with Crippen LogP contribution in [0.3, 0.4) is 0 Å². The quantitative estimate of drug-likeness (QED) is 0.219. The van der Waals surface area contributed by atoms with Gasteiger partial charge in [-0.05, 0) is 78.6 Å². The summed E-state index contributed by atoms with van der Waals surface area (Å²) in [6.07, 6.45) is 5.23. The van der Waals surface area contributed by atoms with E-state index in [2.05, 4.69) is 76.7 Å². The number of hydrogen-bond donors (Lipinski definition) is 1. The highest BCUT2D eigenvalue weighted by Crippen LogP contribution is 2.32. The number of aromatic nitrogens is 2. The number of benzene rings is 3. The molecule has 0 spiro atoms. The highest BCUT2D eigenvalue weighted by atomic mass is 16.5. The Morgan fingerprint density at radius 3 is 2.79 bits per heavy atom. The van der Waals surface area contributed by atoms with Gasteiger partial charge in [0.05, 0.1) is 37.1 Å². The predicted octanol–water partition coefficient (Wildman–Crippen LogP) is 6.71. The summed E-state index contributed by atoms with van der Waals surface area (Å²) in [6, 6.07) is 27.0. The van der Waals surface area contributed by atoms with Crippen LogP contribution >= 0.6 is 0 Å². The average Bonchev–Trinajstić information content (AvgIpc) is 3.39. The Morgan fingerprint density at radius 1 is 1.00 bits per heavy atom. The summed E-state index contributed by atoms with van der Waals surface area (Å²) < 4.78 is 13.6. The zero-order valence-electron chi connectivity index (χ0n) is 22.2. The van der Waals surface area contributed by atoms with Crippen LogP contribution in [0.15, 0.2) is 85.1 Å². The van der Waals surface area contributed by atoms with Crippen LogP contribution in [0, 0.1) is 0 Å². The molecule has 0 saturated heterocycles. The Morgan fingerprint density at radius 2 is 1.90 bits per heavy atom. The monoisotopic (exact) mass is 519 g/mol. The van der Waals surface area contributed by atoms with E-state index in [0.29, 0.717) is 13.2 Å². The molecular formula is C33H33N3O3. The zero-order valence-corrected chi connectivity index (χ0v) is 22.2. The third-order valence-corrected chi connectivity index (χ3v) is 7.42. The number of ether oxygens (including phenoxy) is 2. The number of nitrogens with zero attached hydrogens (tertiary/aromatic N) is 2. The van der Waals surface area contributed by atoms with Crippen molar-refractivity contribution in [1.82, 2.24) is 9.55 Å². The van der Waals surface area contributed by atoms with Crippen molar-refractivity contribution < 1.29 is 14.3 Å². The van der Waals surface area contributed by atoms with Crippen molar-refractivity contribution in [2.24, 2.45) is 0 Å². The third kappa shape index (κ3) is 5.46. The molecule has 1 aliphatic rings. The lowest BCUT2D eigenvalue weighted by molar-refractivity contribution is -0.143. The van der Waals surface area contributed by atoms with Gasteiger partial charge in [-0.25, -0.2) is 0 Å². The molecule has 6 nitrogen and oxygen atoms in total. The van der Waals surface area contributed by atoms with Crippen molar-refractivity contribution in [3.05, 3.63) is 102 Å². The highest BCUT2D eigenvalue weighted by molar-refractivity contribution is 5.85. The minimum atomic E-state index is -0.205. The van der Waals surface area contributed by atoms with Gasteiger partial charge < -0.3 is 19.4 Å². The van der Waals surface area contributed by atoms with E-state index in [-0.39, 0.29) is 18.4 Å². The maximum absolute atomic E-state index is 12.6. The fourth-order valence-electron chi connectivity index (χ4n) is 5.46. The van der Waals surface area contributed by atoms with E-state index in [1.807, 2.05) is 25.1 Å². The predicted molar refractivity (Wildman–Crippen MR) is 156 cm³/mol. The fraction of sp³-hybridized carbons (Fsp3) is 0.273. The Balaban J connectivity index is 1.22. The lowest BCUT2D eigenvalue weighted by atomic mass is 9.99. The standard InChI is InChI=1S/C33H33N3O3/c1-2-38-33(37)22-32(25-10-9-23-6-3-4-7-24(23)20-25)36-18-15-26-21-28(12-14-31(26)36)39-19-16-27-11-13-29-30(35-27)8-5-17-34-29/h3-4,6-7,9-15,18,20-21,32,34H,2,5,8,16-17,19,22H2,1H3. The molecule has 0 radical (unpaired) electrons. The molecule has 39 heavy (non-hydrogen) atoms. The summed E-state index contributed by atoms with van der Waals surface area (Å²) in [5.74, 6) is 0.622. The number of esters is 1. The summed E-state index contributed by atoms with van der Waals surface area (Å²) >= 11 is 0. The number of rotatable bonds is 9. The summed E-state index contributed by atoms with van der Waals surface area (Å²) in [7, 11) is 0. The van der Waals surface area contributed by atoms with E-state index in [4.69, 9.17) is 14.5 Å². The van der Waals surface area contributed by atoms with E-state index >= 15 is 0 Å². The summed E-state index contributed by atoms with van der Waals surface area (Å²) in [4.78, 5) is 17.4. The normalized spacial score (nSPS) is 13.6. The van der Waals surface area contributed by atoms with Crippen LogP contribution in [0.4, 0.5) is 5.69 Å². The molecule has 0 bridgehead atoms. The van der Waals surface area contributed by atoms with Crippen molar-refractivity contribution in [3.63, 3.8) is 0 Å². The first-order valence-electron chi connectivity index (χ1n) is 13.8. The van der Waals surface area contributed by atoms with E-state index < -0.39 is 0 Å². The first-order valence-corrected chi connectivity index (χ1v) is 13.8. The van der Waals surface area contributed by atoms with Gasteiger partial charge in [0.1, 0.15) is 5.75 Å². The Labute approximate surface area is 228 Å². The molecular weight excluding hydrogens is 486 g/mol. The number of aryl methyl sites for hydroxylation is 1. The molecule has 1 unspecified atom stereocenters. The Hall–Kier alpha value is -4.32. The van der Waals surface area contributed by atoms with Gasteiger partial charge in [-0.1, -0.05) is 36.4 Å². The van der Waals surface area contributed by atoms with Gasteiger partial charge in [0.15, 0.2) is 0 Å². The summed E-state index contributed by atoms with van der Waals surface area (Å²) in [5, 5.41) is 6.81. The average molecular weight is 520 g/mol. The molecule has 3 heterocycles. The Bertz CT molecular complexity index is 1620. The molecule has 198 valence electrons. The SMILES string of the molecule is CCOC(=O)CC(c1ccc2ccccc2c1)n1ccc2cc(OCCc3ccc4c(n3)CCCN4)ccc21. The number of pyridine rings is 1. The molecule has 1 atom stereocenters. The highest BCUT2D eigenvalue weighted by Gasteiger charge is 2.21. The first kappa shape index (κ1) is 25.0. The van der Waals surface area contributed by atoms with Crippen molar-refractivity contribution in [2.75, 3.05) is 25.1 Å². The van der Waals surface area contributed by atoms with Crippen LogP contribution in [0.1, 0.15) is 42.8 Å². The molecule has 0 aliphatic carbocycles. The topological polar surface area (TPSA) is 65.4 Å². The first-order chi connectivity index (χ1) is 19.2. The maximum atomic E-state index is 12.6. The second-order valence-corrected chi connectivity index (χ2v) is 10.0. The maximum Gasteiger partial charge on any atom is 0.308 e. The molecule has 2 aromatic heterocycles. The van der Waals surface area contributed by atoms with Crippen LogP contribution in [0.5, 0.6) is 5.75 Å². The molecule has 3 aromatic carbocycles. The van der Waals surface area contributed by atoms with Gasteiger partial charge in [0, 0.05) is 35.8 Å². The van der Waals surface area contributed by atoms with Crippen LogP contribution in [0.25, 0.3) is 21.7 Å². The summed E-state index contributed by atoms with van der Waals surface area (Å²) in [5.41, 5.74) is 5.50. The number of hydrogen-bond acceptors (Lipinski definition) is 5. The molecule has 6 heteroatoms. The van der Waals surface area contributed by atoms with Crippen molar-refractivity contribution in [3.8, 4) is 5.75 Å². The zero-order chi connectivity index (χ0) is 26.6. The van der Waals surface area contributed by atoms with E-state index in [9.17, 15) is 4.79 Å². The molecule has 1 aliphatic heterocycles.